The SMILES string of the molecule is Cc1ccc(NC(=O)[C@H]2C(=O)C(=O)N(c3ccc(C)cc3)C2=O)cc1. The van der Waals surface area contributed by atoms with Gasteiger partial charge in [-0.25, -0.2) is 4.90 Å². The zero-order valence-corrected chi connectivity index (χ0v) is 13.8. The Kier molecular flexibility index (Phi) is 4.19. The van der Waals surface area contributed by atoms with Gasteiger partial charge in [0.2, 0.25) is 11.7 Å². The molecule has 1 aliphatic rings. The van der Waals surface area contributed by atoms with Gasteiger partial charge in [0.25, 0.3) is 5.91 Å². The number of ketones is 1. The van der Waals surface area contributed by atoms with Crippen molar-refractivity contribution in [2.45, 2.75) is 13.8 Å². The molecule has 2 aromatic rings. The highest BCUT2D eigenvalue weighted by molar-refractivity contribution is 6.59. The van der Waals surface area contributed by atoms with Gasteiger partial charge in [-0.2, -0.15) is 0 Å². The molecule has 3 rings (SSSR count). The maximum Gasteiger partial charge on any atom is 0.302 e. The zero-order chi connectivity index (χ0) is 18.1. The van der Waals surface area contributed by atoms with Crippen LogP contribution in [0.5, 0.6) is 0 Å². The number of rotatable bonds is 3. The smallest absolute Gasteiger partial charge is 0.302 e. The Morgan fingerprint density at radius 3 is 1.96 bits per heavy atom. The van der Waals surface area contributed by atoms with Gasteiger partial charge in [-0.3, -0.25) is 19.2 Å². The van der Waals surface area contributed by atoms with Crippen molar-refractivity contribution in [1.82, 2.24) is 0 Å². The minimum absolute atomic E-state index is 0.277. The van der Waals surface area contributed by atoms with E-state index in [0.29, 0.717) is 5.69 Å². The molecule has 6 nitrogen and oxygen atoms in total. The first-order valence-electron chi connectivity index (χ1n) is 7.75. The summed E-state index contributed by atoms with van der Waals surface area (Å²) < 4.78 is 0. The molecule has 1 heterocycles. The van der Waals surface area contributed by atoms with Gasteiger partial charge in [0.15, 0.2) is 5.92 Å². The minimum atomic E-state index is -1.66. The molecule has 6 heteroatoms. The maximum absolute atomic E-state index is 12.5. The standard InChI is InChI=1S/C19H16N2O4/c1-11-3-7-13(8-4-11)20-17(23)15-16(22)19(25)21(18(15)24)14-9-5-12(2)6-10-14/h3-10,15H,1-2H3,(H,20,23)/t15-/m1/s1. The van der Waals surface area contributed by atoms with Crippen LogP contribution in [0.25, 0.3) is 0 Å². The number of anilines is 2. The molecule has 25 heavy (non-hydrogen) atoms. The van der Waals surface area contributed by atoms with Gasteiger partial charge < -0.3 is 5.32 Å². The summed E-state index contributed by atoms with van der Waals surface area (Å²) in [6.45, 7) is 3.76. The van der Waals surface area contributed by atoms with Crippen LogP contribution in [-0.2, 0) is 19.2 Å². The molecule has 0 bridgehead atoms. The molecule has 0 spiro atoms. The van der Waals surface area contributed by atoms with Crippen LogP contribution in [0, 0.1) is 19.8 Å². The van der Waals surface area contributed by atoms with Gasteiger partial charge in [-0.1, -0.05) is 35.4 Å². The van der Waals surface area contributed by atoms with Crippen molar-refractivity contribution in [2.24, 2.45) is 5.92 Å². The molecule has 1 aliphatic heterocycles. The van der Waals surface area contributed by atoms with Gasteiger partial charge >= 0.3 is 5.91 Å². The van der Waals surface area contributed by atoms with E-state index in [1.54, 1.807) is 48.5 Å². The van der Waals surface area contributed by atoms with E-state index in [-0.39, 0.29) is 5.69 Å². The predicted octanol–water partition coefficient (Wildman–Crippen LogP) is 2.00. The van der Waals surface area contributed by atoms with Gasteiger partial charge in [-0.05, 0) is 38.1 Å². The minimum Gasteiger partial charge on any atom is -0.325 e. The Balaban J connectivity index is 1.84. The number of nitrogens with one attached hydrogen (secondary N) is 1. The summed E-state index contributed by atoms with van der Waals surface area (Å²) in [5.41, 5.74) is 2.69. The van der Waals surface area contributed by atoms with E-state index in [4.69, 9.17) is 0 Å². The van der Waals surface area contributed by atoms with Gasteiger partial charge in [0.05, 0.1) is 5.69 Å². The van der Waals surface area contributed by atoms with Crippen molar-refractivity contribution in [2.75, 3.05) is 10.2 Å². The van der Waals surface area contributed by atoms with Crippen LogP contribution in [-0.4, -0.2) is 23.5 Å². The molecule has 0 aromatic heterocycles. The number of imide groups is 1. The Morgan fingerprint density at radius 2 is 1.40 bits per heavy atom. The number of hydrogen-bond donors (Lipinski definition) is 1. The lowest BCUT2D eigenvalue weighted by molar-refractivity contribution is -0.139. The van der Waals surface area contributed by atoms with E-state index < -0.39 is 29.4 Å². The molecule has 1 fully saturated rings. The molecule has 3 amide bonds. The van der Waals surface area contributed by atoms with E-state index in [1.165, 1.54) is 0 Å². The topological polar surface area (TPSA) is 83.6 Å². The molecular formula is C19H16N2O4. The summed E-state index contributed by atoms with van der Waals surface area (Å²) in [4.78, 5) is 50.0. The van der Waals surface area contributed by atoms with E-state index >= 15 is 0 Å². The van der Waals surface area contributed by atoms with E-state index in [0.717, 1.165) is 16.0 Å². The van der Waals surface area contributed by atoms with Gasteiger partial charge in [-0.15, -0.1) is 0 Å². The number of hydrogen-bond acceptors (Lipinski definition) is 4. The summed E-state index contributed by atoms with van der Waals surface area (Å²) in [5.74, 6) is -5.30. The highest BCUT2D eigenvalue weighted by atomic mass is 16.2. The molecular weight excluding hydrogens is 320 g/mol. The second kappa shape index (κ2) is 6.32. The van der Waals surface area contributed by atoms with Crippen LogP contribution < -0.4 is 10.2 Å². The lowest BCUT2D eigenvalue weighted by atomic mass is 10.1. The second-order valence-corrected chi connectivity index (χ2v) is 5.97. The first-order valence-corrected chi connectivity index (χ1v) is 7.75. The third kappa shape index (κ3) is 3.06. The highest BCUT2D eigenvalue weighted by Gasteiger charge is 2.51. The number of benzene rings is 2. The number of carbonyl (C=O) groups excluding carboxylic acids is 4. The van der Waals surface area contributed by atoms with Gasteiger partial charge in [0.1, 0.15) is 0 Å². The summed E-state index contributed by atoms with van der Waals surface area (Å²) in [6, 6.07) is 13.5. The maximum atomic E-state index is 12.5. The third-order valence-corrected chi connectivity index (χ3v) is 4.02. The van der Waals surface area contributed by atoms with Gasteiger partial charge in [0, 0.05) is 5.69 Å². The normalized spacial score (nSPS) is 17.1. The molecule has 0 aliphatic carbocycles. The summed E-state index contributed by atoms with van der Waals surface area (Å²) in [7, 11) is 0. The largest absolute Gasteiger partial charge is 0.325 e. The Morgan fingerprint density at radius 1 is 0.880 bits per heavy atom. The van der Waals surface area contributed by atoms with Crippen molar-refractivity contribution >= 4 is 34.9 Å². The Hall–Kier alpha value is -3.28. The summed E-state index contributed by atoms with van der Waals surface area (Å²) >= 11 is 0. The first-order chi connectivity index (χ1) is 11.9. The van der Waals surface area contributed by atoms with Crippen LogP contribution in [0.15, 0.2) is 48.5 Å². The lowest BCUT2D eigenvalue weighted by Crippen LogP contribution is -2.34. The molecule has 0 saturated carbocycles. The number of Topliss-reactive ketones (excluding diaryl/α,β-unsaturated/α-hetero) is 1. The molecule has 2 aromatic carbocycles. The Bertz CT molecular complexity index is 869. The van der Waals surface area contributed by atoms with E-state index in [9.17, 15) is 19.2 Å². The van der Waals surface area contributed by atoms with Crippen molar-refractivity contribution in [3.05, 3.63) is 59.7 Å². The van der Waals surface area contributed by atoms with Crippen LogP contribution in [0.1, 0.15) is 11.1 Å². The second-order valence-electron chi connectivity index (χ2n) is 5.97. The summed E-state index contributed by atoms with van der Waals surface area (Å²) in [6.07, 6.45) is 0. The molecule has 1 atom stereocenters. The monoisotopic (exact) mass is 336 g/mol. The van der Waals surface area contributed by atoms with Crippen LogP contribution in [0.2, 0.25) is 0 Å². The van der Waals surface area contributed by atoms with E-state index in [1.807, 2.05) is 13.8 Å². The van der Waals surface area contributed by atoms with Crippen molar-refractivity contribution < 1.29 is 19.2 Å². The average molecular weight is 336 g/mol. The molecule has 1 saturated heterocycles. The average Bonchev–Trinajstić information content (AvgIpc) is 2.80. The molecule has 0 radical (unpaired) electrons. The van der Waals surface area contributed by atoms with Crippen molar-refractivity contribution in [1.29, 1.82) is 0 Å². The van der Waals surface area contributed by atoms with E-state index in [2.05, 4.69) is 5.32 Å². The fraction of sp³-hybridized carbons (Fsp3) is 0.158. The van der Waals surface area contributed by atoms with Crippen LogP contribution in [0.3, 0.4) is 0 Å². The first kappa shape index (κ1) is 16.6. The lowest BCUT2D eigenvalue weighted by Gasteiger charge is -2.14. The Labute approximate surface area is 144 Å². The highest BCUT2D eigenvalue weighted by Crippen LogP contribution is 2.25. The van der Waals surface area contributed by atoms with Crippen LogP contribution >= 0.6 is 0 Å². The molecule has 126 valence electrons. The van der Waals surface area contributed by atoms with Crippen molar-refractivity contribution in [3.63, 3.8) is 0 Å². The quantitative estimate of drug-likeness (QED) is 0.528. The molecule has 1 N–H and O–H groups in total. The zero-order valence-electron chi connectivity index (χ0n) is 13.8. The fourth-order valence-corrected chi connectivity index (χ4v) is 2.60. The van der Waals surface area contributed by atoms with Crippen LogP contribution in [0.4, 0.5) is 11.4 Å². The predicted molar refractivity (Wildman–Crippen MR) is 92.0 cm³/mol. The number of nitrogens with zero attached hydrogens (tertiary/aromatic N) is 1. The number of amides is 3. The number of aryl methyl sites for hydroxylation is 2. The fourth-order valence-electron chi connectivity index (χ4n) is 2.60. The molecule has 0 unspecified atom stereocenters. The number of carbonyl (C=O) groups is 4. The van der Waals surface area contributed by atoms with Crippen molar-refractivity contribution in [3.8, 4) is 0 Å². The third-order valence-electron chi connectivity index (χ3n) is 4.02. The summed E-state index contributed by atoms with van der Waals surface area (Å²) in [5, 5.41) is 2.51.